The van der Waals surface area contributed by atoms with Gasteiger partial charge in [-0.2, -0.15) is 5.26 Å². The van der Waals surface area contributed by atoms with Crippen molar-refractivity contribution in [2.24, 2.45) is 5.92 Å². The van der Waals surface area contributed by atoms with Crippen LogP contribution < -0.4 is 10.9 Å². The Balaban J connectivity index is 1.44. The molecule has 1 aromatic carbocycles. The van der Waals surface area contributed by atoms with Crippen LogP contribution in [0.3, 0.4) is 0 Å². The molecule has 1 N–H and O–H groups in total. The molecule has 3 aromatic rings. The molecule has 5 heterocycles. The van der Waals surface area contributed by atoms with Crippen molar-refractivity contribution in [1.29, 1.82) is 5.26 Å². The van der Waals surface area contributed by atoms with Crippen molar-refractivity contribution in [1.82, 2.24) is 19.4 Å². The van der Waals surface area contributed by atoms with E-state index in [4.69, 9.17) is 0 Å². The van der Waals surface area contributed by atoms with Gasteiger partial charge in [0.2, 0.25) is 0 Å². The molecule has 7 rings (SSSR count). The van der Waals surface area contributed by atoms with E-state index in [1.165, 1.54) is 24.5 Å². The zero-order valence-electron chi connectivity index (χ0n) is 25.8. The topological polar surface area (TPSA) is 86.8 Å². The third-order valence-electron chi connectivity index (χ3n) is 10.3. The van der Waals surface area contributed by atoms with E-state index in [2.05, 4.69) is 33.2 Å². The fraction of sp³-hybridized carbons (Fsp3) is 0.588. The summed E-state index contributed by atoms with van der Waals surface area (Å²) < 4.78 is 49.8. The van der Waals surface area contributed by atoms with E-state index in [9.17, 15) is 10.1 Å². The van der Waals surface area contributed by atoms with E-state index in [-0.39, 0.29) is 23.2 Å². The molecule has 8 bridgehead atoms. The van der Waals surface area contributed by atoms with E-state index in [1.807, 2.05) is 6.92 Å². The molecule has 3 aliphatic heterocycles. The molecule has 4 aliphatic rings. The summed E-state index contributed by atoms with van der Waals surface area (Å²) in [5.41, 5.74) is -0.622. The number of benzene rings is 1. The van der Waals surface area contributed by atoms with Gasteiger partial charge in [0.25, 0.3) is 11.5 Å². The summed E-state index contributed by atoms with van der Waals surface area (Å²) >= 11 is 0. The van der Waals surface area contributed by atoms with Crippen LogP contribution in [0.5, 0.6) is 0 Å². The first kappa shape index (κ1) is 30.6. The van der Waals surface area contributed by atoms with Crippen molar-refractivity contribution in [2.75, 3.05) is 11.9 Å². The van der Waals surface area contributed by atoms with Crippen molar-refractivity contribution in [2.45, 2.75) is 115 Å². The summed E-state index contributed by atoms with van der Waals surface area (Å²) in [6.07, 6.45) is 7.88. The maximum Gasteiger partial charge on any atom is 0.278 e. The number of aryl methyl sites for hydroxylation is 1. The van der Waals surface area contributed by atoms with Crippen LogP contribution >= 0.6 is 0 Å². The summed E-state index contributed by atoms with van der Waals surface area (Å²) in [5.74, 6) is -4.81. The number of nitriles is 1. The lowest BCUT2D eigenvalue weighted by molar-refractivity contribution is -0.100. The van der Waals surface area contributed by atoms with Crippen molar-refractivity contribution >= 4 is 16.9 Å². The minimum absolute atomic E-state index is 0.0232. The lowest BCUT2D eigenvalue weighted by Gasteiger charge is -2.43. The molecule has 0 spiro atoms. The quantitative estimate of drug-likeness (QED) is 0.315. The van der Waals surface area contributed by atoms with Crippen LogP contribution in [0.4, 0.5) is 19.0 Å². The molecule has 0 radical (unpaired) electrons. The minimum atomic E-state index is -3.31. The molecule has 44 heavy (non-hydrogen) atoms. The standard InChI is InChI=1S/C34H41F3N6O/c1-21-9-6-4-5-7-15-43-31-26(18-28(32(43)44)33(19-38)13-14-33)30(39-20-40-31)41-23(3)25-10-8-11-27(29(25)35)34(36,37)24-12-16-42(21)22(2)17-24/h8,10-11,18,20-24H,4-7,9,12-17H2,1-3H3,(H,39,40,41)/t21?,22?,23-,24?/m1/s1. The van der Waals surface area contributed by atoms with Gasteiger partial charge >= 0.3 is 0 Å². The number of aromatic nitrogens is 3. The highest BCUT2D eigenvalue weighted by Crippen LogP contribution is 2.47. The van der Waals surface area contributed by atoms with E-state index in [0.29, 0.717) is 61.2 Å². The second-order valence-corrected chi connectivity index (χ2v) is 13.2. The summed E-state index contributed by atoms with van der Waals surface area (Å²) in [6, 6.07) is 7.79. The van der Waals surface area contributed by atoms with Gasteiger partial charge in [-0.25, -0.2) is 23.1 Å². The van der Waals surface area contributed by atoms with Crippen molar-refractivity contribution < 1.29 is 13.2 Å². The van der Waals surface area contributed by atoms with E-state index in [1.54, 1.807) is 17.6 Å². The Bertz CT molecular complexity index is 1640. The zero-order valence-corrected chi connectivity index (χ0v) is 25.8. The van der Waals surface area contributed by atoms with Gasteiger partial charge in [-0.1, -0.05) is 37.5 Å². The predicted molar refractivity (Wildman–Crippen MR) is 164 cm³/mol. The van der Waals surface area contributed by atoms with E-state index >= 15 is 13.2 Å². The fourth-order valence-electron chi connectivity index (χ4n) is 7.46. The molecule has 1 saturated heterocycles. The van der Waals surface area contributed by atoms with Crippen molar-refractivity contribution in [3.8, 4) is 6.07 Å². The Morgan fingerprint density at radius 2 is 1.77 bits per heavy atom. The molecule has 1 aliphatic carbocycles. The molecule has 234 valence electrons. The average molecular weight is 607 g/mol. The van der Waals surface area contributed by atoms with Gasteiger partial charge in [-0.05, 0) is 71.9 Å². The van der Waals surface area contributed by atoms with Crippen LogP contribution in [-0.2, 0) is 17.9 Å². The normalized spacial score (nSPS) is 28.5. The number of pyridine rings is 1. The van der Waals surface area contributed by atoms with Crippen molar-refractivity contribution in [3.63, 3.8) is 0 Å². The summed E-state index contributed by atoms with van der Waals surface area (Å²) in [6.45, 7) is 6.91. The van der Waals surface area contributed by atoms with Crippen LogP contribution in [0.2, 0.25) is 0 Å². The third-order valence-corrected chi connectivity index (χ3v) is 10.3. The van der Waals surface area contributed by atoms with E-state index < -0.39 is 34.7 Å². The minimum Gasteiger partial charge on any atom is -0.363 e. The van der Waals surface area contributed by atoms with E-state index in [0.717, 1.165) is 32.1 Å². The van der Waals surface area contributed by atoms with Crippen LogP contribution in [-0.4, -0.2) is 38.1 Å². The number of fused-ring (bicyclic) bond motifs is 9. The lowest BCUT2D eigenvalue weighted by Crippen LogP contribution is -2.48. The number of rotatable bonds is 1. The van der Waals surface area contributed by atoms with Crippen LogP contribution in [0.15, 0.2) is 35.4 Å². The Hall–Kier alpha value is -3.45. The van der Waals surface area contributed by atoms with Gasteiger partial charge in [-0.15, -0.1) is 0 Å². The number of hydrogen-bond acceptors (Lipinski definition) is 6. The summed E-state index contributed by atoms with van der Waals surface area (Å²) in [7, 11) is 0. The SMILES string of the molecule is CC1CCCCCCn2c(=O)c(C3(C#N)CC3)cc3c(ncnc32)N[C@H](C)c2cccc(c2F)C(F)(F)C2CCN1C(C)C2. The molecule has 5 atom stereocenters. The number of anilines is 1. The van der Waals surface area contributed by atoms with Crippen LogP contribution in [0, 0.1) is 23.1 Å². The maximum absolute atomic E-state index is 16.1. The smallest absolute Gasteiger partial charge is 0.278 e. The second kappa shape index (κ2) is 11.8. The molecule has 10 heteroatoms. The maximum atomic E-state index is 16.1. The summed E-state index contributed by atoms with van der Waals surface area (Å²) in [5, 5.41) is 13.7. The molecule has 1 saturated carbocycles. The monoisotopic (exact) mass is 606 g/mol. The lowest BCUT2D eigenvalue weighted by atomic mass is 9.82. The summed E-state index contributed by atoms with van der Waals surface area (Å²) in [4.78, 5) is 25.0. The first-order valence-electron chi connectivity index (χ1n) is 16.1. The molecular formula is C34H41F3N6O. The van der Waals surface area contributed by atoms with Gasteiger partial charge in [0.05, 0.1) is 28.5 Å². The molecule has 0 amide bonds. The molecule has 7 nitrogen and oxygen atoms in total. The predicted octanol–water partition coefficient (Wildman–Crippen LogP) is 7.20. The van der Waals surface area contributed by atoms with Gasteiger partial charge in [0, 0.05) is 35.7 Å². The van der Waals surface area contributed by atoms with Gasteiger partial charge in [-0.3, -0.25) is 14.3 Å². The molecule has 4 unspecified atom stereocenters. The second-order valence-electron chi connectivity index (χ2n) is 13.2. The number of halogens is 3. The third kappa shape index (κ3) is 5.38. The molecular weight excluding hydrogens is 565 g/mol. The van der Waals surface area contributed by atoms with Gasteiger partial charge in [0.15, 0.2) is 0 Å². The number of hydrogen-bond donors (Lipinski definition) is 1. The first-order valence-corrected chi connectivity index (χ1v) is 16.1. The largest absolute Gasteiger partial charge is 0.363 e. The highest BCUT2D eigenvalue weighted by molar-refractivity contribution is 5.87. The number of alkyl halides is 2. The molecule has 2 aromatic heterocycles. The highest BCUT2D eigenvalue weighted by Gasteiger charge is 2.48. The first-order chi connectivity index (χ1) is 21.1. The Morgan fingerprint density at radius 3 is 2.50 bits per heavy atom. The van der Waals surface area contributed by atoms with Crippen LogP contribution in [0.1, 0.15) is 101 Å². The Labute approximate surface area is 256 Å². The Morgan fingerprint density at radius 1 is 1.00 bits per heavy atom. The number of nitrogens with zero attached hydrogens (tertiary/aromatic N) is 5. The van der Waals surface area contributed by atoms with Crippen LogP contribution in [0.25, 0.3) is 11.0 Å². The Kier molecular flexibility index (Phi) is 8.20. The molecule has 2 fully saturated rings. The number of piperidine rings is 1. The van der Waals surface area contributed by atoms with Gasteiger partial charge in [0.1, 0.15) is 23.6 Å². The zero-order chi connectivity index (χ0) is 31.2. The van der Waals surface area contributed by atoms with Gasteiger partial charge < -0.3 is 5.32 Å². The fourth-order valence-corrected chi connectivity index (χ4v) is 7.46. The average Bonchev–Trinajstić information content (AvgIpc) is 3.80. The highest BCUT2D eigenvalue weighted by atomic mass is 19.3. The number of nitrogens with one attached hydrogen (secondary N) is 1. The van der Waals surface area contributed by atoms with Crippen molar-refractivity contribution in [3.05, 3.63) is 63.5 Å².